The van der Waals surface area contributed by atoms with Crippen molar-refractivity contribution in [2.45, 2.75) is 4.90 Å². The molecule has 0 aliphatic heterocycles. The van der Waals surface area contributed by atoms with Gasteiger partial charge in [0.05, 0.1) is 4.90 Å². The molecule has 0 heterocycles. The van der Waals surface area contributed by atoms with Crippen molar-refractivity contribution in [1.82, 2.24) is 0 Å². The van der Waals surface area contributed by atoms with Crippen LogP contribution in [0.5, 0.6) is 0 Å². The summed E-state index contributed by atoms with van der Waals surface area (Å²) in [5.41, 5.74) is 5.31. The molecule has 18 heavy (non-hydrogen) atoms. The molecule has 0 saturated carbocycles. The van der Waals surface area contributed by atoms with Crippen LogP contribution in [-0.2, 0) is 14.9 Å². The van der Waals surface area contributed by atoms with Gasteiger partial charge in [0.15, 0.2) is 0 Å². The maximum Gasteiger partial charge on any atom is 1.00 e. The fourth-order valence-electron chi connectivity index (χ4n) is 0.771. The van der Waals surface area contributed by atoms with Crippen LogP contribution in [0.2, 0.25) is 0 Å². The fourth-order valence-corrected chi connectivity index (χ4v) is 1.24. The fraction of sp³-hybridized carbons (Fsp3) is 0. The largest absolute Gasteiger partial charge is 1.00 e. The zero-order valence-electron chi connectivity index (χ0n) is 10.00. The first-order valence-electron chi connectivity index (χ1n) is 4.41. The van der Waals surface area contributed by atoms with Gasteiger partial charge in [0.25, 0.3) is 0 Å². The number of carbonyl (C=O) groups excluding carboxylic acids is 1. The van der Waals surface area contributed by atoms with Crippen LogP contribution in [-0.4, -0.2) is 18.9 Å². The van der Waals surface area contributed by atoms with Crippen LogP contribution in [0, 0.1) is 0 Å². The second-order valence-corrected chi connectivity index (χ2v) is 4.21. The van der Waals surface area contributed by atoms with Gasteiger partial charge in [0.2, 0.25) is 5.91 Å². The predicted octanol–water partition coefficient (Wildman–Crippen LogP) is -2.10. The summed E-state index contributed by atoms with van der Waals surface area (Å²) in [4.78, 5) is 9.26. The van der Waals surface area contributed by atoms with E-state index < -0.39 is 16.0 Å². The Morgan fingerprint density at radius 3 is 1.83 bits per heavy atom. The summed E-state index contributed by atoms with van der Waals surface area (Å²) in [6.45, 7) is 6.58. The third-order valence-corrected chi connectivity index (χ3v) is 2.46. The smallest absolute Gasteiger partial charge is 0.744 e. The molecule has 92 valence electrons. The van der Waals surface area contributed by atoms with Gasteiger partial charge in [-0.15, -0.1) is 0 Å². The van der Waals surface area contributed by atoms with E-state index in [9.17, 15) is 17.8 Å². The van der Waals surface area contributed by atoms with Crippen molar-refractivity contribution in [3.8, 4) is 0 Å². The zero-order valence-corrected chi connectivity index (χ0v) is 12.8. The van der Waals surface area contributed by atoms with Gasteiger partial charge in [-0.2, -0.15) is 0 Å². The third kappa shape index (κ3) is 8.21. The van der Waals surface area contributed by atoms with Crippen molar-refractivity contribution in [3.05, 3.63) is 49.1 Å². The normalized spacial score (nSPS) is 9.17. The monoisotopic (exact) mass is 277 g/mol. The minimum absolute atomic E-state index is 0. The number of primary amides is 1. The zero-order chi connectivity index (χ0) is 13.5. The summed E-state index contributed by atoms with van der Waals surface area (Å²) in [7, 11) is -4.31. The molecule has 0 fully saturated rings. The van der Waals surface area contributed by atoms with Crippen LogP contribution < -0.4 is 35.3 Å². The standard InChI is InChI=1S/C8H8O3S.C3H5NO.Na/c1-2-7-3-5-8(6-4-7)12(9,10)11;1-2-3(4)5;/h2-6H,1H2,(H,9,10,11);2H,1H2,(H2,4,5);/q;;+1/p-1. The summed E-state index contributed by atoms with van der Waals surface area (Å²) in [5.74, 6) is -0.481. The summed E-state index contributed by atoms with van der Waals surface area (Å²) >= 11 is 0. The Bertz CT molecular complexity index is 508. The number of hydrogen-bond acceptors (Lipinski definition) is 4. The number of hydrogen-bond donors (Lipinski definition) is 1. The van der Waals surface area contributed by atoms with E-state index in [2.05, 4.69) is 18.9 Å². The van der Waals surface area contributed by atoms with E-state index in [1.807, 2.05) is 0 Å². The van der Waals surface area contributed by atoms with Gasteiger partial charge < -0.3 is 10.3 Å². The van der Waals surface area contributed by atoms with Crippen molar-refractivity contribution in [1.29, 1.82) is 0 Å². The van der Waals surface area contributed by atoms with Crippen molar-refractivity contribution in [3.63, 3.8) is 0 Å². The molecule has 0 aromatic heterocycles. The van der Waals surface area contributed by atoms with Crippen molar-refractivity contribution in [2.75, 3.05) is 0 Å². The molecule has 0 unspecified atom stereocenters. The molecule has 0 aliphatic rings. The van der Waals surface area contributed by atoms with E-state index in [4.69, 9.17) is 0 Å². The van der Waals surface area contributed by atoms with Crippen molar-refractivity contribution < 1.29 is 47.3 Å². The summed E-state index contributed by atoms with van der Waals surface area (Å²) < 4.78 is 31.4. The van der Waals surface area contributed by atoms with Crippen LogP contribution in [0.15, 0.2) is 48.4 Å². The number of nitrogens with two attached hydrogens (primary N) is 1. The third-order valence-electron chi connectivity index (χ3n) is 1.61. The van der Waals surface area contributed by atoms with Gasteiger partial charge in [-0.3, -0.25) is 4.79 Å². The van der Waals surface area contributed by atoms with Crippen molar-refractivity contribution in [2.24, 2.45) is 5.73 Å². The van der Waals surface area contributed by atoms with E-state index in [1.54, 1.807) is 6.08 Å². The van der Waals surface area contributed by atoms with E-state index in [-0.39, 0.29) is 34.5 Å². The maximum atomic E-state index is 10.5. The molecule has 0 atom stereocenters. The minimum Gasteiger partial charge on any atom is -0.744 e. The Morgan fingerprint density at radius 1 is 1.22 bits per heavy atom. The van der Waals surface area contributed by atoms with Crippen molar-refractivity contribution >= 4 is 22.1 Å². The maximum absolute atomic E-state index is 10.5. The van der Waals surface area contributed by atoms with Gasteiger partial charge in [-0.25, -0.2) is 8.42 Å². The minimum atomic E-state index is -4.31. The van der Waals surface area contributed by atoms with Crippen LogP contribution in [0.1, 0.15) is 5.56 Å². The molecule has 0 radical (unpaired) electrons. The molecule has 1 amide bonds. The molecule has 1 rings (SSSR count). The average molecular weight is 277 g/mol. The number of rotatable bonds is 3. The Labute approximate surface area is 128 Å². The molecule has 0 aliphatic carbocycles. The molecule has 2 N–H and O–H groups in total. The van der Waals surface area contributed by atoms with E-state index in [0.717, 1.165) is 11.6 Å². The topological polar surface area (TPSA) is 100 Å². The second-order valence-electron chi connectivity index (χ2n) is 2.83. The van der Waals surface area contributed by atoms with Crippen LogP contribution in [0.4, 0.5) is 0 Å². The molecule has 0 bridgehead atoms. The van der Waals surface area contributed by atoms with Gasteiger partial charge in [0, 0.05) is 0 Å². The number of amides is 1. The Morgan fingerprint density at radius 2 is 1.61 bits per heavy atom. The van der Waals surface area contributed by atoms with Crippen LogP contribution in [0.25, 0.3) is 6.08 Å². The molecule has 1 aromatic rings. The Balaban J connectivity index is 0. The molecule has 0 saturated heterocycles. The predicted molar refractivity (Wildman–Crippen MR) is 63.9 cm³/mol. The van der Waals surface area contributed by atoms with Crippen LogP contribution in [0.3, 0.4) is 0 Å². The summed E-state index contributed by atoms with van der Waals surface area (Å²) in [6, 6.07) is 5.58. The van der Waals surface area contributed by atoms with Gasteiger partial charge in [0.1, 0.15) is 10.1 Å². The first-order chi connectivity index (χ1) is 7.81. The molecular formula is C11H12NNaO4S. The number of benzene rings is 1. The Hall–Kier alpha value is -0.920. The SMILES string of the molecule is C=CC(N)=O.C=Cc1ccc(S(=O)(=O)[O-])cc1.[Na+]. The first kappa shape index (κ1) is 19.4. The van der Waals surface area contributed by atoms with E-state index in [0.29, 0.717) is 0 Å². The molecule has 7 heteroatoms. The van der Waals surface area contributed by atoms with Gasteiger partial charge >= 0.3 is 29.6 Å². The van der Waals surface area contributed by atoms with Crippen LogP contribution >= 0.6 is 0 Å². The average Bonchev–Trinajstić information content (AvgIpc) is 2.29. The quantitative estimate of drug-likeness (QED) is 0.388. The van der Waals surface area contributed by atoms with E-state index in [1.165, 1.54) is 24.3 Å². The van der Waals surface area contributed by atoms with Gasteiger partial charge in [-0.05, 0) is 23.8 Å². The molecule has 0 spiro atoms. The Kier molecular flexibility index (Phi) is 9.78. The number of carbonyl (C=O) groups is 1. The molecule has 1 aromatic carbocycles. The van der Waals surface area contributed by atoms with E-state index >= 15 is 0 Å². The molecular weight excluding hydrogens is 265 g/mol. The summed E-state index contributed by atoms with van der Waals surface area (Å²) in [6.07, 6.45) is 2.63. The summed E-state index contributed by atoms with van der Waals surface area (Å²) in [5, 5.41) is 0. The van der Waals surface area contributed by atoms with Gasteiger partial charge in [-0.1, -0.05) is 31.4 Å². The first-order valence-corrected chi connectivity index (χ1v) is 5.82. The molecule has 5 nitrogen and oxygen atoms in total. The second kappa shape index (κ2) is 9.07.